The van der Waals surface area contributed by atoms with Gasteiger partial charge in [0.05, 0.1) is 0 Å². The molecule has 0 radical (unpaired) electrons. The van der Waals surface area contributed by atoms with E-state index in [1.807, 2.05) is 0 Å². The van der Waals surface area contributed by atoms with E-state index in [2.05, 4.69) is 0 Å². The molecule has 0 amide bonds. The molecule has 27 heavy (non-hydrogen) atoms. The molecular weight excluding hydrogens is 352 g/mol. The Labute approximate surface area is 154 Å². The van der Waals surface area contributed by atoms with Crippen molar-refractivity contribution in [2.45, 2.75) is 0 Å². The fourth-order valence-electron chi connectivity index (χ4n) is 2.34. The monoisotopic (exact) mass is 370 g/mol. The first-order valence-electron chi connectivity index (χ1n) is 7.62. The van der Waals surface area contributed by atoms with Gasteiger partial charge in [0, 0.05) is 0 Å². The van der Waals surface area contributed by atoms with E-state index in [9.17, 15) is 15.0 Å². The molecule has 8 N–H and O–H groups in total. The number of carbonyl (C=O) groups is 1. The maximum absolute atomic E-state index is 11.9. The minimum absolute atomic E-state index is 0. The summed E-state index contributed by atoms with van der Waals surface area (Å²) >= 11 is 0. The Morgan fingerprint density at radius 1 is 0.778 bits per heavy atom. The Balaban J connectivity index is 0.00000261. The number of nitrogens with two attached hydrogens (primary N) is 2. The lowest BCUT2D eigenvalue weighted by molar-refractivity contribution is 0.0690. The van der Waals surface area contributed by atoms with Gasteiger partial charge in [-0.3, -0.25) is 0 Å². The number of carboxylic acids is 1. The van der Waals surface area contributed by atoms with Crippen molar-refractivity contribution < 1.29 is 30.0 Å². The molecule has 0 aromatic heterocycles. The predicted molar refractivity (Wildman–Crippen MR) is 101 cm³/mol. The van der Waals surface area contributed by atoms with E-state index in [0.717, 1.165) is 0 Å². The van der Waals surface area contributed by atoms with E-state index in [1.54, 1.807) is 60.7 Å². The third-order valence-electron chi connectivity index (χ3n) is 3.60. The summed E-state index contributed by atoms with van der Waals surface area (Å²) in [7, 11) is 0. The van der Waals surface area contributed by atoms with Gasteiger partial charge in [-0.15, -0.1) is 0 Å². The quantitative estimate of drug-likeness (QED) is 0.396. The van der Waals surface area contributed by atoms with Gasteiger partial charge in [0.15, 0.2) is 22.8 Å². The van der Waals surface area contributed by atoms with Crippen LogP contribution in [0.4, 0.5) is 11.4 Å². The third kappa shape index (κ3) is 3.86. The van der Waals surface area contributed by atoms with Gasteiger partial charge < -0.3 is 36.6 Å². The Hall–Kier alpha value is -3.91. The third-order valence-corrected chi connectivity index (χ3v) is 3.60. The van der Waals surface area contributed by atoms with Crippen molar-refractivity contribution in [2.75, 3.05) is 11.5 Å². The number of phenolic OH excluding ortho intramolecular Hbond substituents is 1. The number of nitrogen functional groups attached to an aromatic ring is 2. The van der Waals surface area contributed by atoms with Gasteiger partial charge in [-0.05, 0) is 24.3 Å². The number of ether oxygens (including phenoxy) is 2. The SMILES string of the molecule is Nc1c(N)c(Oc2ccccc2)c(C(=O)O)c(Oc2ccccc2)c1O.O. The van der Waals surface area contributed by atoms with Crippen LogP contribution >= 0.6 is 0 Å². The zero-order valence-corrected chi connectivity index (χ0v) is 14.0. The Morgan fingerprint density at radius 3 is 1.67 bits per heavy atom. The fraction of sp³-hybridized carbons (Fsp3) is 0. The molecule has 0 fully saturated rings. The summed E-state index contributed by atoms with van der Waals surface area (Å²) in [5.41, 5.74) is 10.9. The van der Waals surface area contributed by atoms with Crippen molar-refractivity contribution >= 4 is 17.3 Å². The molecule has 0 atom stereocenters. The molecule has 0 saturated carbocycles. The second-order valence-corrected chi connectivity index (χ2v) is 5.34. The Bertz CT molecular complexity index is 877. The summed E-state index contributed by atoms with van der Waals surface area (Å²) in [5, 5.41) is 20.0. The molecular formula is C19H18N2O6. The summed E-state index contributed by atoms with van der Waals surface area (Å²) in [4.78, 5) is 11.9. The highest BCUT2D eigenvalue weighted by molar-refractivity contribution is 6.01. The minimum atomic E-state index is -1.39. The van der Waals surface area contributed by atoms with Crippen LogP contribution in [0.2, 0.25) is 0 Å². The number of carboxylic acid groups (broad SMARTS) is 1. The topological polar surface area (TPSA) is 160 Å². The summed E-state index contributed by atoms with van der Waals surface area (Å²) < 4.78 is 11.2. The van der Waals surface area contributed by atoms with Crippen molar-refractivity contribution in [3.05, 3.63) is 66.2 Å². The van der Waals surface area contributed by atoms with Crippen LogP contribution in [0.25, 0.3) is 0 Å². The van der Waals surface area contributed by atoms with Crippen LogP contribution in [-0.4, -0.2) is 21.7 Å². The van der Waals surface area contributed by atoms with Crippen LogP contribution in [0.15, 0.2) is 60.7 Å². The smallest absolute Gasteiger partial charge is 0.343 e. The molecule has 0 unspecified atom stereocenters. The van der Waals surface area contributed by atoms with Gasteiger partial charge in [0.2, 0.25) is 0 Å². The van der Waals surface area contributed by atoms with Gasteiger partial charge in [-0.25, -0.2) is 4.79 Å². The molecule has 0 aliphatic rings. The number of anilines is 2. The highest BCUT2D eigenvalue weighted by atomic mass is 16.5. The molecule has 0 aliphatic heterocycles. The minimum Gasteiger partial charge on any atom is -0.503 e. The molecule has 140 valence electrons. The Kier molecular flexibility index (Phi) is 5.74. The molecule has 0 spiro atoms. The van der Waals surface area contributed by atoms with Crippen molar-refractivity contribution in [1.82, 2.24) is 0 Å². The van der Waals surface area contributed by atoms with Crippen molar-refractivity contribution in [3.8, 4) is 28.7 Å². The number of hydrogen-bond acceptors (Lipinski definition) is 6. The first-order valence-corrected chi connectivity index (χ1v) is 7.62. The van der Waals surface area contributed by atoms with E-state index < -0.39 is 17.3 Å². The lowest BCUT2D eigenvalue weighted by Gasteiger charge is -2.18. The summed E-state index contributed by atoms with van der Waals surface area (Å²) in [6, 6.07) is 16.9. The van der Waals surface area contributed by atoms with Crippen LogP contribution in [0.1, 0.15) is 10.4 Å². The first kappa shape index (κ1) is 19.4. The second-order valence-electron chi connectivity index (χ2n) is 5.34. The number of rotatable bonds is 5. The van der Waals surface area contributed by atoms with Gasteiger partial charge in [-0.1, -0.05) is 36.4 Å². The molecule has 0 heterocycles. The summed E-state index contributed by atoms with van der Waals surface area (Å²) in [6.07, 6.45) is 0. The van der Waals surface area contributed by atoms with Crippen LogP contribution in [-0.2, 0) is 0 Å². The van der Waals surface area contributed by atoms with Gasteiger partial charge in [-0.2, -0.15) is 0 Å². The predicted octanol–water partition coefficient (Wildman–Crippen LogP) is 3.01. The number of aromatic carboxylic acids is 1. The normalized spacial score (nSPS) is 9.93. The number of phenols is 1. The summed E-state index contributed by atoms with van der Waals surface area (Å²) in [6.45, 7) is 0. The van der Waals surface area contributed by atoms with Crippen LogP contribution in [0, 0.1) is 0 Å². The van der Waals surface area contributed by atoms with Crippen molar-refractivity contribution in [3.63, 3.8) is 0 Å². The average Bonchev–Trinajstić information content (AvgIpc) is 2.65. The number of hydrogen-bond donors (Lipinski definition) is 4. The zero-order chi connectivity index (χ0) is 18.7. The van der Waals surface area contributed by atoms with E-state index in [-0.39, 0.29) is 28.3 Å². The van der Waals surface area contributed by atoms with E-state index in [4.69, 9.17) is 20.9 Å². The van der Waals surface area contributed by atoms with Crippen LogP contribution in [0.3, 0.4) is 0 Å². The molecule has 0 saturated heterocycles. The van der Waals surface area contributed by atoms with E-state index >= 15 is 0 Å². The molecule has 3 aromatic rings. The van der Waals surface area contributed by atoms with E-state index in [0.29, 0.717) is 11.5 Å². The van der Waals surface area contributed by atoms with Crippen molar-refractivity contribution in [2.24, 2.45) is 0 Å². The molecule has 8 heteroatoms. The fourth-order valence-corrected chi connectivity index (χ4v) is 2.34. The second kappa shape index (κ2) is 7.98. The molecule has 8 nitrogen and oxygen atoms in total. The number of para-hydroxylation sites is 2. The van der Waals surface area contributed by atoms with Crippen LogP contribution < -0.4 is 20.9 Å². The van der Waals surface area contributed by atoms with Crippen LogP contribution in [0.5, 0.6) is 28.7 Å². The zero-order valence-electron chi connectivity index (χ0n) is 14.0. The lowest BCUT2D eigenvalue weighted by Crippen LogP contribution is -2.09. The average molecular weight is 370 g/mol. The highest BCUT2D eigenvalue weighted by Crippen LogP contribution is 2.49. The lowest BCUT2D eigenvalue weighted by atomic mass is 10.1. The summed E-state index contributed by atoms with van der Waals surface area (Å²) in [5.74, 6) is -1.82. The standard InChI is InChI=1S/C19H16N2O5.H2O/c20-14-15(21)17(25-11-7-3-1-4-8-11)13(19(23)24)18(16(14)22)26-12-9-5-2-6-10-12;/h1-10,22H,20-21H2,(H,23,24);1H2. The molecule has 3 rings (SSSR count). The number of aromatic hydroxyl groups is 1. The molecule has 0 aliphatic carbocycles. The largest absolute Gasteiger partial charge is 0.503 e. The maximum Gasteiger partial charge on any atom is 0.343 e. The Morgan fingerprint density at radius 2 is 1.22 bits per heavy atom. The highest BCUT2D eigenvalue weighted by Gasteiger charge is 2.29. The van der Waals surface area contributed by atoms with Gasteiger partial charge in [0.25, 0.3) is 0 Å². The van der Waals surface area contributed by atoms with Gasteiger partial charge >= 0.3 is 5.97 Å². The first-order chi connectivity index (χ1) is 12.5. The van der Waals surface area contributed by atoms with E-state index in [1.165, 1.54) is 0 Å². The molecule has 0 bridgehead atoms. The molecule has 3 aromatic carbocycles. The van der Waals surface area contributed by atoms with Crippen molar-refractivity contribution in [1.29, 1.82) is 0 Å². The van der Waals surface area contributed by atoms with Gasteiger partial charge in [0.1, 0.15) is 22.9 Å². The maximum atomic E-state index is 11.9. The number of benzene rings is 3.